The minimum absolute atomic E-state index is 0.123. The van der Waals surface area contributed by atoms with Crippen LogP contribution in [0.2, 0.25) is 0 Å². The van der Waals surface area contributed by atoms with E-state index in [2.05, 4.69) is 11.2 Å². The number of hydrogen-bond acceptors (Lipinski definition) is 2. The fourth-order valence-corrected chi connectivity index (χ4v) is 2.46. The second-order valence-corrected chi connectivity index (χ2v) is 4.46. The van der Waals surface area contributed by atoms with Crippen molar-refractivity contribution in [2.45, 2.75) is 25.8 Å². The summed E-state index contributed by atoms with van der Waals surface area (Å²) in [7, 11) is 0. The maximum atomic E-state index is 11.5. The topological polar surface area (TPSA) is 29.1 Å². The van der Waals surface area contributed by atoms with Gasteiger partial charge >= 0.3 is 0 Å². The van der Waals surface area contributed by atoms with Crippen molar-refractivity contribution in [3.05, 3.63) is 0 Å². The third-order valence-electron chi connectivity index (χ3n) is 2.14. The molecule has 1 amide bonds. The van der Waals surface area contributed by atoms with Crippen molar-refractivity contribution in [2.75, 3.05) is 11.5 Å². The van der Waals surface area contributed by atoms with Gasteiger partial charge in [0.05, 0.1) is 6.04 Å². The van der Waals surface area contributed by atoms with E-state index < -0.39 is 0 Å². The van der Waals surface area contributed by atoms with E-state index in [0.29, 0.717) is 0 Å². The van der Waals surface area contributed by atoms with E-state index in [9.17, 15) is 4.79 Å². The predicted octanol–water partition coefficient (Wildman–Crippen LogP) is 1.27. The van der Waals surface area contributed by atoms with Gasteiger partial charge in [-0.25, -0.2) is 0 Å². The summed E-state index contributed by atoms with van der Waals surface area (Å²) in [5.74, 6) is 4.93. The summed E-state index contributed by atoms with van der Waals surface area (Å²) in [5, 5.41) is 2.81. The molecular formula is C10H15NOS. The first-order chi connectivity index (χ1) is 6.24. The van der Waals surface area contributed by atoms with Gasteiger partial charge in [-0.1, -0.05) is 5.92 Å². The summed E-state index contributed by atoms with van der Waals surface area (Å²) in [6.45, 7) is 1.83. The molecule has 0 aliphatic carbocycles. The smallest absolute Gasteiger partial charge is 0.224 e. The van der Waals surface area contributed by atoms with Crippen LogP contribution in [0.1, 0.15) is 19.8 Å². The monoisotopic (exact) mass is 197 g/mol. The molecule has 0 aromatic carbocycles. The summed E-state index contributed by atoms with van der Waals surface area (Å²) in [5.41, 5.74) is 0. The highest BCUT2D eigenvalue weighted by Crippen LogP contribution is 2.22. The summed E-state index contributed by atoms with van der Waals surface area (Å²) >= 11 is 1.85. The first-order valence-corrected chi connectivity index (χ1v) is 5.73. The van der Waals surface area contributed by atoms with Crippen LogP contribution in [0, 0.1) is 18.3 Å². The molecule has 72 valence electrons. The molecule has 3 heteroatoms. The average molecular weight is 197 g/mol. The maximum absolute atomic E-state index is 11.5. The Morgan fingerprint density at radius 2 is 2.54 bits per heavy atom. The van der Waals surface area contributed by atoms with Crippen molar-refractivity contribution in [1.82, 2.24) is 5.32 Å². The lowest BCUT2D eigenvalue weighted by Gasteiger charge is -2.21. The fraction of sp³-hybridized carbons (Fsp3) is 0.700. The van der Waals surface area contributed by atoms with Crippen LogP contribution in [-0.4, -0.2) is 23.5 Å². The molecule has 0 spiro atoms. The van der Waals surface area contributed by atoms with E-state index in [1.54, 1.807) is 0 Å². The highest BCUT2D eigenvalue weighted by Gasteiger charge is 2.21. The molecule has 1 aliphatic rings. The molecule has 1 rings (SSSR count). The molecule has 0 saturated carbocycles. The third-order valence-corrected chi connectivity index (χ3v) is 3.36. The number of rotatable bonds is 2. The lowest BCUT2D eigenvalue weighted by Crippen LogP contribution is -2.38. The Bertz CT molecular complexity index is 215. The zero-order chi connectivity index (χ0) is 9.68. The second kappa shape index (κ2) is 5.18. The molecule has 1 aliphatic heterocycles. The van der Waals surface area contributed by atoms with E-state index >= 15 is 0 Å². The van der Waals surface area contributed by atoms with E-state index in [0.717, 1.165) is 18.6 Å². The number of terminal acetylenes is 1. The Kier molecular flexibility index (Phi) is 4.17. The Morgan fingerprint density at radius 3 is 3.08 bits per heavy atom. The third kappa shape index (κ3) is 3.31. The van der Waals surface area contributed by atoms with Crippen molar-refractivity contribution >= 4 is 17.7 Å². The van der Waals surface area contributed by atoms with Gasteiger partial charge in [0.15, 0.2) is 0 Å². The van der Waals surface area contributed by atoms with Crippen LogP contribution in [0.25, 0.3) is 0 Å². The van der Waals surface area contributed by atoms with Crippen LogP contribution in [0.3, 0.4) is 0 Å². The molecule has 1 fully saturated rings. The van der Waals surface area contributed by atoms with Gasteiger partial charge in [0.2, 0.25) is 5.91 Å². The Labute approximate surface area is 83.9 Å². The minimum Gasteiger partial charge on any atom is -0.342 e. The van der Waals surface area contributed by atoms with Crippen LogP contribution in [0.4, 0.5) is 0 Å². The van der Waals surface area contributed by atoms with Gasteiger partial charge in [0.25, 0.3) is 0 Å². The highest BCUT2D eigenvalue weighted by molar-refractivity contribution is 7.99. The highest BCUT2D eigenvalue weighted by atomic mass is 32.2. The summed E-state index contributed by atoms with van der Waals surface area (Å²) < 4.78 is 0. The van der Waals surface area contributed by atoms with Crippen LogP contribution < -0.4 is 5.32 Å². The molecular weight excluding hydrogens is 182 g/mol. The number of hydrogen-bond donors (Lipinski definition) is 1. The number of carbonyl (C=O) groups excluding carboxylic acids is 1. The zero-order valence-corrected chi connectivity index (χ0v) is 8.69. The first-order valence-electron chi connectivity index (χ1n) is 4.58. The summed E-state index contributed by atoms with van der Waals surface area (Å²) in [4.78, 5) is 11.5. The van der Waals surface area contributed by atoms with Crippen molar-refractivity contribution in [2.24, 2.45) is 5.92 Å². The zero-order valence-electron chi connectivity index (χ0n) is 7.88. The molecule has 1 saturated heterocycles. The Morgan fingerprint density at radius 1 is 1.77 bits per heavy atom. The quantitative estimate of drug-likeness (QED) is 0.675. The van der Waals surface area contributed by atoms with Gasteiger partial charge in [0.1, 0.15) is 0 Å². The lowest BCUT2D eigenvalue weighted by atomic mass is 10.0. The molecule has 0 aromatic heterocycles. The van der Waals surface area contributed by atoms with Gasteiger partial charge in [-0.2, -0.15) is 11.8 Å². The molecule has 0 bridgehead atoms. The first kappa shape index (κ1) is 10.5. The molecule has 0 aromatic rings. The van der Waals surface area contributed by atoms with Crippen LogP contribution in [-0.2, 0) is 4.79 Å². The van der Waals surface area contributed by atoms with Crippen LogP contribution in [0.5, 0.6) is 0 Å². The number of nitrogens with one attached hydrogen (secondary N) is 1. The minimum atomic E-state index is -0.139. The van der Waals surface area contributed by atoms with Crippen molar-refractivity contribution in [1.29, 1.82) is 0 Å². The fourth-order valence-electron chi connectivity index (χ4n) is 1.32. The van der Waals surface area contributed by atoms with Gasteiger partial charge in [-0.15, -0.1) is 6.42 Å². The maximum Gasteiger partial charge on any atom is 0.224 e. The summed E-state index contributed by atoms with van der Waals surface area (Å²) in [6.07, 6.45) is 7.34. The molecule has 0 radical (unpaired) electrons. The van der Waals surface area contributed by atoms with Crippen molar-refractivity contribution in [3.8, 4) is 12.3 Å². The molecule has 13 heavy (non-hydrogen) atoms. The predicted molar refractivity (Wildman–Crippen MR) is 56.5 cm³/mol. The van der Waals surface area contributed by atoms with Gasteiger partial charge in [0, 0.05) is 11.7 Å². The second-order valence-electron chi connectivity index (χ2n) is 3.31. The molecule has 2 atom stereocenters. The van der Waals surface area contributed by atoms with E-state index in [1.807, 2.05) is 18.7 Å². The molecule has 2 nitrogen and oxygen atoms in total. The van der Waals surface area contributed by atoms with E-state index in [-0.39, 0.29) is 17.9 Å². The normalized spacial score (nSPS) is 24.5. The van der Waals surface area contributed by atoms with Gasteiger partial charge < -0.3 is 5.32 Å². The van der Waals surface area contributed by atoms with E-state index in [1.165, 1.54) is 5.75 Å². The number of thioether (sulfide) groups is 1. The Balaban J connectivity index is 2.34. The van der Waals surface area contributed by atoms with Crippen LogP contribution >= 0.6 is 11.8 Å². The number of amides is 1. The SMILES string of the molecule is C#CC(C)NC(=O)C1CCCSC1. The lowest BCUT2D eigenvalue weighted by molar-refractivity contribution is -0.124. The standard InChI is InChI=1S/C10H15NOS/c1-3-8(2)11-10(12)9-5-4-6-13-7-9/h1,8-9H,4-7H2,2H3,(H,11,12). The molecule has 1 heterocycles. The van der Waals surface area contributed by atoms with E-state index in [4.69, 9.17) is 6.42 Å². The van der Waals surface area contributed by atoms with Gasteiger partial charge in [-0.05, 0) is 25.5 Å². The van der Waals surface area contributed by atoms with Crippen LogP contribution in [0.15, 0.2) is 0 Å². The average Bonchev–Trinajstić information content (AvgIpc) is 2.19. The largest absolute Gasteiger partial charge is 0.342 e. The summed E-state index contributed by atoms with van der Waals surface area (Å²) in [6, 6.07) is -0.139. The van der Waals surface area contributed by atoms with Crippen molar-refractivity contribution < 1.29 is 4.79 Å². The molecule has 2 unspecified atom stereocenters. The number of carbonyl (C=O) groups is 1. The van der Waals surface area contributed by atoms with Gasteiger partial charge in [-0.3, -0.25) is 4.79 Å². The molecule has 1 N–H and O–H groups in total. The van der Waals surface area contributed by atoms with Crippen molar-refractivity contribution in [3.63, 3.8) is 0 Å². The Hall–Kier alpha value is -0.620.